The molecule has 0 saturated heterocycles. The molecule has 0 amide bonds. The molecule has 0 aliphatic carbocycles. The zero-order valence-electron chi connectivity index (χ0n) is 5.42. The molecule has 1 aromatic heterocycles. The van der Waals surface area contributed by atoms with Crippen molar-refractivity contribution in [2.24, 2.45) is 5.73 Å². The van der Waals surface area contributed by atoms with Crippen LogP contribution in [0, 0.1) is 0 Å². The molecule has 0 bridgehead atoms. The van der Waals surface area contributed by atoms with Crippen LogP contribution in [0.4, 0.5) is 0 Å². The summed E-state index contributed by atoms with van der Waals surface area (Å²) < 4.78 is 4.87. The average Bonchev–Trinajstić information content (AvgIpc) is 2.34. The Labute approximate surface area is 53.8 Å². The van der Waals surface area contributed by atoms with Crippen LogP contribution >= 0.6 is 0 Å². The van der Waals surface area contributed by atoms with Crippen molar-refractivity contribution in [2.75, 3.05) is 0 Å². The van der Waals surface area contributed by atoms with Gasteiger partial charge in [-0.1, -0.05) is 12.1 Å². The lowest BCUT2D eigenvalue weighted by Gasteiger charge is -1.78. The van der Waals surface area contributed by atoms with Crippen LogP contribution in [0.1, 0.15) is 18.4 Å². The fraction of sp³-hybridized carbons (Fsp3) is 0.500. The van der Waals surface area contributed by atoms with Crippen molar-refractivity contribution in [1.82, 2.24) is 5.16 Å². The maximum absolute atomic E-state index is 5.30. The van der Waals surface area contributed by atoms with E-state index in [2.05, 4.69) is 5.16 Å². The van der Waals surface area contributed by atoms with Gasteiger partial charge in [-0.05, 0) is 0 Å². The highest BCUT2D eigenvalue weighted by molar-refractivity contribution is 5.04. The molecule has 1 rings (SSSR count). The van der Waals surface area contributed by atoms with Gasteiger partial charge in [-0.15, -0.1) is 0 Å². The van der Waals surface area contributed by atoms with E-state index in [-0.39, 0.29) is 0 Å². The predicted molar refractivity (Wildman–Crippen MR) is 33.8 cm³/mol. The maximum Gasteiger partial charge on any atom is 0.136 e. The number of rotatable bonds is 2. The number of aryl methyl sites for hydroxylation is 1. The van der Waals surface area contributed by atoms with Gasteiger partial charge in [0.1, 0.15) is 5.76 Å². The summed E-state index contributed by atoms with van der Waals surface area (Å²) in [5, 5.41) is 3.71. The summed E-state index contributed by atoms with van der Waals surface area (Å²) in [7, 11) is 0. The summed E-state index contributed by atoms with van der Waals surface area (Å²) >= 11 is 0. The van der Waals surface area contributed by atoms with Crippen molar-refractivity contribution >= 4 is 0 Å². The number of hydrogen-bond acceptors (Lipinski definition) is 3. The Hall–Kier alpha value is -0.830. The van der Waals surface area contributed by atoms with Gasteiger partial charge in [0.2, 0.25) is 0 Å². The molecule has 3 heteroatoms. The SMILES string of the molecule is CCc1cc(CN)no1. The predicted octanol–water partition coefficient (Wildman–Crippen LogP) is 0.696. The van der Waals surface area contributed by atoms with Crippen molar-refractivity contribution in [1.29, 1.82) is 0 Å². The van der Waals surface area contributed by atoms with Crippen LogP contribution in [0.3, 0.4) is 0 Å². The Morgan fingerprint density at radius 2 is 2.56 bits per heavy atom. The van der Waals surface area contributed by atoms with Crippen LogP contribution < -0.4 is 5.73 Å². The van der Waals surface area contributed by atoms with Gasteiger partial charge in [0.05, 0.1) is 5.69 Å². The largest absolute Gasteiger partial charge is 0.361 e. The van der Waals surface area contributed by atoms with Crippen LogP contribution in [0.15, 0.2) is 10.6 Å². The second kappa shape index (κ2) is 2.64. The minimum atomic E-state index is 0.462. The highest BCUT2D eigenvalue weighted by Crippen LogP contribution is 2.01. The van der Waals surface area contributed by atoms with Crippen LogP contribution in [-0.4, -0.2) is 5.16 Å². The lowest BCUT2D eigenvalue weighted by atomic mass is 10.3. The smallest absolute Gasteiger partial charge is 0.136 e. The first-order valence-corrected chi connectivity index (χ1v) is 3.01. The Morgan fingerprint density at radius 1 is 1.78 bits per heavy atom. The molecule has 1 aromatic rings. The molecular weight excluding hydrogens is 116 g/mol. The fourth-order valence-electron chi connectivity index (χ4n) is 0.619. The van der Waals surface area contributed by atoms with Gasteiger partial charge >= 0.3 is 0 Å². The van der Waals surface area contributed by atoms with Crippen molar-refractivity contribution in [3.8, 4) is 0 Å². The monoisotopic (exact) mass is 126 g/mol. The molecule has 0 saturated carbocycles. The summed E-state index contributed by atoms with van der Waals surface area (Å²) in [6.45, 7) is 2.48. The maximum atomic E-state index is 5.30. The highest BCUT2D eigenvalue weighted by Gasteiger charge is 1.97. The molecule has 50 valence electrons. The summed E-state index contributed by atoms with van der Waals surface area (Å²) in [5.41, 5.74) is 6.12. The Morgan fingerprint density at radius 3 is 2.89 bits per heavy atom. The molecule has 3 nitrogen and oxygen atoms in total. The summed E-state index contributed by atoms with van der Waals surface area (Å²) in [6, 6.07) is 1.88. The quantitative estimate of drug-likeness (QED) is 0.634. The summed E-state index contributed by atoms with van der Waals surface area (Å²) in [4.78, 5) is 0. The second-order valence-corrected chi connectivity index (χ2v) is 1.84. The van der Waals surface area contributed by atoms with E-state index in [4.69, 9.17) is 10.3 Å². The Bertz CT molecular complexity index is 164. The molecule has 0 aliphatic heterocycles. The van der Waals surface area contributed by atoms with E-state index in [0.29, 0.717) is 6.54 Å². The second-order valence-electron chi connectivity index (χ2n) is 1.84. The van der Waals surface area contributed by atoms with Crippen molar-refractivity contribution < 1.29 is 4.52 Å². The first-order valence-electron chi connectivity index (χ1n) is 3.01. The first kappa shape index (κ1) is 6.29. The first-order chi connectivity index (χ1) is 4.36. The van der Waals surface area contributed by atoms with Gasteiger partial charge in [0.25, 0.3) is 0 Å². The normalized spacial score (nSPS) is 10.0. The molecule has 0 atom stereocenters. The molecule has 0 fully saturated rings. The lowest BCUT2D eigenvalue weighted by Crippen LogP contribution is -1.94. The van der Waals surface area contributed by atoms with Gasteiger partial charge in [-0.25, -0.2) is 0 Å². The molecule has 2 N–H and O–H groups in total. The van der Waals surface area contributed by atoms with E-state index in [1.807, 2.05) is 13.0 Å². The van der Waals surface area contributed by atoms with E-state index in [1.54, 1.807) is 0 Å². The van der Waals surface area contributed by atoms with Crippen LogP contribution in [-0.2, 0) is 13.0 Å². The van der Waals surface area contributed by atoms with Crippen LogP contribution in [0.2, 0.25) is 0 Å². The Kier molecular flexibility index (Phi) is 1.85. The van der Waals surface area contributed by atoms with E-state index in [9.17, 15) is 0 Å². The molecular formula is C6H10N2O. The summed E-state index contributed by atoms with van der Waals surface area (Å²) in [5.74, 6) is 0.899. The number of aromatic nitrogens is 1. The molecule has 0 spiro atoms. The fourth-order valence-corrected chi connectivity index (χ4v) is 0.619. The van der Waals surface area contributed by atoms with E-state index >= 15 is 0 Å². The number of hydrogen-bond donors (Lipinski definition) is 1. The molecule has 9 heavy (non-hydrogen) atoms. The van der Waals surface area contributed by atoms with Crippen molar-refractivity contribution in [3.63, 3.8) is 0 Å². The van der Waals surface area contributed by atoms with E-state index < -0.39 is 0 Å². The van der Waals surface area contributed by atoms with Gasteiger partial charge in [0, 0.05) is 19.0 Å². The van der Waals surface area contributed by atoms with Crippen molar-refractivity contribution in [3.05, 3.63) is 17.5 Å². The van der Waals surface area contributed by atoms with E-state index in [1.165, 1.54) is 0 Å². The van der Waals surface area contributed by atoms with E-state index in [0.717, 1.165) is 17.9 Å². The molecule has 0 unspecified atom stereocenters. The average molecular weight is 126 g/mol. The third kappa shape index (κ3) is 1.29. The molecule has 0 radical (unpaired) electrons. The molecule has 0 aliphatic rings. The standard InChI is InChI=1S/C6H10N2O/c1-2-6-3-5(4-7)8-9-6/h3H,2,4,7H2,1H3. The minimum absolute atomic E-state index is 0.462. The van der Waals surface area contributed by atoms with Crippen LogP contribution in [0.25, 0.3) is 0 Å². The molecule has 1 heterocycles. The third-order valence-corrected chi connectivity index (χ3v) is 1.17. The third-order valence-electron chi connectivity index (χ3n) is 1.17. The van der Waals surface area contributed by atoms with Gasteiger partial charge < -0.3 is 10.3 Å². The van der Waals surface area contributed by atoms with Gasteiger partial charge in [0.15, 0.2) is 0 Å². The highest BCUT2D eigenvalue weighted by atomic mass is 16.5. The topological polar surface area (TPSA) is 52.0 Å². The zero-order valence-corrected chi connectivity index (χ0v) is 5.42. The number of nitrogens with two attached hydrogens (primary N) is 1. The Balaban J connectivity index is 2.74. The number of nitrogens with zero attached hydrogens (tertiary/aromatic N) is 1. The zero-order chi connectivity index (χ0) is 6.69. The lowest BCUT2D eigenvalue weighted by molar-refractivity contribution is 0.381. The van der Waals surface area contributed by atoms with Gasteiger partial charge in [-0.3, -0.25) is 0 Å². The van der Waals surface area contributed by atoms with Crippen molar-refractivity contribution in [2.45, 2.75) is 19.9 Å². The molecule has 0 aromatic carbocycles. The minimum Gasteiger partial charge on any atom is -0.361 e. The summed E-state index contributed by atoms with van der Waals surface area (Å²) in [6.07, 6.45) is 0.882. The van der Waals surface area contributed by atoms with Crippen LogP contribution in [0.5, 0.6) is 0 Å². The van der Waals surface area contributed by atoms with Gasteiger partial charge in [-0.2, -0.15) is 0 Å².